The molecule has 1 aromatic carbocycles. The third kappa shape index (κ3) is 8.39. The van der Waals surface area contributed by atoms with E-state index in [9.17, 15) is 24.3 Å². The number of pyridine rings is 1. The van der Waals surface area contributed by atoms with E-state index in [1.165, 1.54) is 23.7 Å². The fourth-order valence-electron chi connectivity index (χ4n) is 4.23. The molecule has 0 aliphatic carbocycles. The van der Waals surface area contributed by atoms with Crippen LogP contribution in [0.2, 0.25) is 0 Å². The number of carbonyl (C=O) groups is 4. The van der Waals surface area contributed by atoms with Crippen molar-refractivity contribution in [3.8, 4) is 5.75 Å². The maximum Gasteiger partial charge on any atom is 0.252 e. The van der Waals surface area contributed by atoms with Gasteiger partial charge in [-0.1, -0.05) is 26.0 Å². The number of ketones is 1. The number of rotatable bonds is 12. The van der Waals surface area contributed by atoms with Gasteiger partial charge in [-0.3, -0.25) is 30.0 Å². The van der Waals surface area contributed by atoms with Gasteiger partial charge in [0, 0.05) is 48.7 Å². The van der Waals surface area contributed by atoms with Crippen molar-refractivity contribution >= 4 is 57.9 Å². The lowest BCUT2D eigenvalue weighted by Gasteiger charge is -2.34. The molecule has 1 aliphatic rings. The van der Waals surface area contributed by atoms with E-state index in [1.807, 2.05) is 13.0 Å². The predicted octanol–water partition coefficient (Wildman–Crippen LogP) is 2.56. The summed E-state index contributed by atoms with van der Waals surface area (Å²) in [4.78, 5) is 56.1. The maximum absolute atomic E-state index is 12.2. The first-order valence-electron chi connectivity index (χ1n) is 12.7. The molecule has 3 atom stereocenters. The van der Waals surface area contributed by atoms with Crippen molar-refractivity contribution in [2.75, 3.05) is 5.75 Å². The number of aliphatic hydroxyl groups is 1. The third-order valence-corrected chi connectivity index (χ3v) is 7.78. The molecule has 39 heavy (non-hydrogen) atoms. The lowest BCUT2D eigenvalue weighted by molar-refractivity contribution is -0.165. The molecule has 0 radical (unpaired) electrons. The van der Waals surface area contributed by atoms with Gasteiger partial charge in [0.15, 0.2) is 17.1 Å². The van der Waals surface area contributed by atoms with Crippen LogP contribution in [-0.4, -0.2) is 65.8 Å². The first-order chi connectivity index (χ1) is 18.5. The number of aromatic nitrogens is 1. The molecule has 1 saturated heterocycles. The van der Waals surface area contributed by atoms with Crippen LogP contribution in [0, 0.1) is 0 Å². The van der Waals surface area contributed by atoms with Crippen LogP contribution in [-0.2, 0) is 19.2 Å². The first kappa shape index (κ1) is 32.5. The number of hydroxylamine groups is 2. The van der Waals surface area contributed by atoms with Gasteiger partial charge in [0.2, 0.25) is 11.0 Å². The lowest BCUT2D eigenvalue weighted by Crippen LogP contribution is -2.58. The minimum absolute atomic E-state index is 0.0287. The van der Waals surface area contributed by atoms with E-state index in [0.717, 1.165) is 22.3 Å². The third-order valence-electron chi connectivity index (χ3n) is 6.32. The van der Waals surface area contributed by atoms with Gasteiger partial charge in [-0.25, -0.2) is 0 Å². The van der Waals surface area contributed by atoms with Gasteiger partial charge in [-0.15, -0.1) is 24.4 Å². The van der Waals surface area contributed by atoms with E-state index in [0.29, 0.717) is 37.2 Å². The molecule has 3 rings (SSSR count). The summed E-state index contributed by atoms with van der Waals surface area (Å²) in [5, 5.41) is 13.3. The Bertz CT molecular complexity index is 1160. The van der Waals surface area contributed by atoms with Crippen LogP contribution in [0.15, 0.2) is 36.7 Å². The number of carbonyl (C=O) groups excluding carboxylic acids is 4. The number of thiol groups is 1. The molecule has 0 spiro atoms. The highest BCUT2D eigenvalue weighted by Gasteiger charge is 2.49. The van der Waals surface area contributed by atoms with Crippen molar-refractivity contribution in [2.45, 2.75) is 76.4 Å². The topological polar surface area (TPSA) is 169 Å². The maximum atomic E-state index is 12.2. The molecular weight excluding hydrogens is 542 g/mol. The van der Waals surface area contributed by atoms with Gasteiger partial charge in [0.25, 0.3) is 5.91 Å². The Morgan fingerprint density at radius 1 is 1.28 bits per heavy atom. The fraction of sp³-hybridized carbons (Fsp3) is 0.500. The average molecular weight is 580 g/mol. The quantitative estimate of drug-likeness (QED) is 0.167. The zero-order valence-electron chi connectivity index (χ0n) is 22.4. The normalized spacial score (nSPS) is 19.6. The van der Waals surface area contributed by atoms with Crippen molar-refractivity contribution in [2.24, 2.45) is 11.6 Å². The zero-order chi connectivity index (χ0) is 29.2. The summed E-state index contributed by atoms with van der Waals surface area (Å²) in [7, 11) is 0. The Kier molecular flexibility index (Phi) is 12.6. The number of amides is 2. The van der Waals surface area contributed by atoms with E-state index in [1.54, 1.807) is 37.5 Å². The van der Waals surface area contributed by atoms with Crippen LogP contribution in [0.3, 0.4) is 0 Å². The van der Waals surface area contributed by atoms with Crippen LogP contribution in [0.1, 0.15) is 59.3 Å². The summed E-state index contributed by atoms with van der Waals surface area (Å²) in [5.74, 6) is 6.08. The van der Waals surface area contributed by atoms with Crippen LogP contribution >= 0.6 is 24.4 Å². The molecular formula is C26H37N5O6S2. The molecule has 0 saturated carbocycles. The minimum atomic E-state index is -0.862. The van der Waals surface area contributed by atoms with Gasteiger partial charge in [-0.2, -0.15) is 10.1 Å². The number of benzene rings is 1. The second-order valence-corrected chi connectivity index (χ2v) is 10.6. The van der Waals surface area contributed by atoms with Crippen LogP contribution in [0.25, 0.3) is 10.8 Å². The summed E-state index contributed by atoms with van der Waals surface area (Å²) in [6.07, 6.45) is 6.14. The van der Waals surface area contributed by atoms with Gasteiger partial charge >= 0.3 is 0 Å². The molecule has 214 valence electrons. The van der Waals surface area contributed by atoms with Crippen LogP contribution in [0.4, 0.5) is 0 Å². The number of hydrazine groups is 1. The van der Waals surface area contributed by atoms with Crippen molar-refractivity contribution < 1.29 is 29.1 Å². The zero-order valence-corrected chi connectivity index (χ0v) is 24.1. The van der Waals surface area contributed by atoms with E-state index < -0.39 is 22.3 Å². The highest BCUT2D eigenvalue weighted by Crippen LogP contribution is 2.38. The van der Waals surface area contributed by atoms with Crippen molar-refractivity contribution in [3.63, 3.8) is 0 Å². The Hall–Kier alpha value is -2.71. The minimum Gasteiger partial charge on any atom is -0.375 e. The molecule has 1 unspecified atom stereocenters. The molecule has 5 N–H and O–H groups in total. The van der Waals surface area contributed by atoms with E-state index in [4.69, 9.17) is 16.4 Å². The SMILES string of the molecule is CCCC(=O)C1(CCCC(N)=O)CS[C@H](O)N1N.CC[C@@H](C(=O)S)N(Oc1cccc2cnccc12)C(C)=O. The average Bonchev–Trinajstić information content (AvgIpc) is 3.18. The van der Waals surface area contributed by atoms with Crippen molar-refractivity contribution in [1.82, 2.24) is 15.1 Å². The molecule has 2 heterocycles. The number of nitrogens with two attached hydrogens (primary N) is 2. The van der Waals surface area contributed by atoms with E-state index in [-0.39, 0.29) is 24.0 Å². The van der Waals surface area contributed by atoms with Gasteiger partial charge in [-0.05, 0) is 37.8 Å². The second kappa shape index (κ2) is 15.2. The number of nitrogens with zero attached hydrogens (tertiary/aromatic N) is 3. The summed E-state index contributed by atoms with van der Waals surface area (Å²) in [6, 6.07) is 6.53. The lowest BCUT2D eigenvalue weighted by atomic mass is 9.87. The smallest absolute Gasteiger partial charge is 0.252 e. The fourth-order valence-corrected chi connectivity index (χ4v) is 5.75. The Morgan fingerprint density at radius 3 is 2.54 bits per heavy atom. The molecule has 11 nitrogen and oxygen atoms in total. The largest absolute Gasteiger partial charge is 0.375 e. The van der Waals surface area contributed by atoms with Crippen molar-refractivity contribution in [3.05, 3.63) is 36.7 Å². The summed E-state index contributed by atoms with van der Waals surface area (Å²) in [6.45, 7) is 5.07. The monoisotopic (exact) mass is 579 g/mol. The number of Topliss-reactive ketones (excluding diaryl/α,β-unsaturated/α-hetero) is 1. The molecule has 13 heteroatoms. The summed E-state index contributed by atoms with van der Waals surface area (Å²) in [5.41, 5.74) is 3.38. The standard InChI is InChI=1S/C15H16N2O3S.C11H21N3O3S/c1-3-13(15(19)21)17(10(2)18)20-14-6-4-5-11-9-16-8-7-12(11)14;1-2-4-8(15)11(6-3-5-9(12)16)7-18-10(17)14(11)13/h4-9,13H,3H2,1-2H3,(H,19,21);10,17H,2-7,13H2,1H3,(H2,12,16)/t13-;10-,11?/m00/s1. The molecule has 2 amide bonds. The van der Waals surface area contributed by atoms with E-state index >= 15 is 0 Å². The first-order valence-corrected chi connectivity index (χ1v) is 14.2. The Morgan fingerprint density at radius 2 is 2.00 bits per heavy atom. The van der Waals surface area contributed by atoms with Crippen molar-refractivity contribution in [1.29, 1.82) is 0 Å². The Balaban J connectivity index is 0.000000277. The molecule has 1 aliphatic heterocycles. The second-order valence-electron chi connectivity index (χ2n) is 9.12. The Labute approximate surface area is 237 Å². The van der Waals surface area contributed by atoms with Gasteiger partial charge in [0.05, 0.1) is 0 Å². The summed E-state index contributed by atoms with van der Waals surface area (Å²) >= 11 is 5.07. The molecule has 0 bridgehead atoms. The number of primary amides is 1. The van der Waals surface area contributed by atoms with Crippen LogP contribution < -0.4 is 16.4 Å². The molecule has 1 fully saturated rings. The molecule has 1 aromatic heterocycles. The number of aliphatic hydroxyl groups excluding tert-OH is 1. The molecule has 2 aromatic rings. The van der Waals surface area contributed by atoms with E-state index in [2.05, 4.69) is 17.6 Å². The highest BCUT2D eigenvalue weighted by atomic mass is 32.2. The number of hydrogen-bond acceptors (Lipinski definition) is 10. The van der Waals surface area contributed by atoms with Crippen LogP contribution in [0.5, 0.6) is 5.75 Å². The number of thioether (sulfide) groups is 1. The van der Waals surface area contributed by atoms with Gasteiger partial charge in [0.1, 0.15) is 11.6 Å². The predicted molar refractivity (Wildman–Crippen MR) is 153 cm³/mol. The highest BCUT2D eigenvalue weighted by molar-refractivity contribution is 8.00. The number of fused-ring (bicyclic) bond motifs is 1. The van der Waals surface area contributed by atoms with Gasteiger partial charge < -0.3 is 15.7 Å². The summed E-state index contributed by atoms with van der Waals surface area (Å²) < 4.78 is 0. The number of hydrogen-bond donors (Lipinski definition) is 4.